The monoisotopic (exact) mass is 334 g/mol. The second-order valence-corrected chi connectivity index (χ2v) is 6.89. The van der Waals surface area contributed by atoms with Crippen LogP contribution in [0.3, 0.4) is 0 Å². The first-order valence-electron chi connectivity index (χ1n) is 8.91. The summed E-state index contributed by atoms with van der Waals surface area (Å²) in [6.07, 6.45) is 3.29. The lowest BCUT2D eigenvalue weighted by molar-refractivity contribution is 0.220. The van der Waals surface area contributed by atoms with E-state index in [9.17, 15) is 4.39 Å². The number of hydrogen-bond acceptors (Lipinski definition) is 1. The van der Waals surface area contributed by atoms with Gasteiger partial charge in [-0.25, -0.2) is 4.39 Å². The van der Waals surface area contributed by atoms with Crippen LogP contribution in [-0.4, -0.2) is 16.0 Å². The molecule has 1 atom stereocenters. The van der Waals surface area contributed by atoms with Crippen LogP contribution < -0.4 is 0 Å². The number of aromatic nitrogens is 1. The van der Waals surface area contributed by atoms with Crippen molar-refractivity contribution in [2.45, 2.75) is 32.5 Å². The fraction of sp³-hybridized carbons (Fsp3) is 0.273. The topological polar surface area (TPSA) is 8.17 Å². The maximum Gasteiger partial charge on any atom is 0.123 e. The van der Waals surface area contributed by atoms with E-state index in [2.05, 4.69) is 59.0 Å². The average Bonchev–Trinajstić information content (AvgIpc) is 3.00. The lowest BCUT2D eigenvalue weighted by Crippen LogP contribution is -2.29. The summed E-state index contributed by atoms with van der Waals surface area (Å²) in [5.74, 6) is -0.177. The van der Waals surface area contributed by atoms with Gasteiger partial charge in [-0.3, -0.25) is 4.90 Å². The molecule has 0 N–H and O–H groups in total. The summed E-state index contributed by atoms with van der Waals surface area (Å²) in [6.45, 7) is 5.02. The summed E-state index contributed by atoms with van der Waals surface area (Å²) in [4.78, 5) is 2.51. The van der Waals surface area contributed by atoms with Crippen LogP contribution in [0, 0.1) is 12.7 Å². The van der Waals surface area contributed by atoms with E-state index >= 15 is 0 Å². The molecule has 2 nitrogen and oxygen atoms in total. The van der Waals surface area contributed by atoms with E-state index in [-0.39, 0.29) is 11.9 Å². The molecule has 0 saturated carbocycles. The minimum Gasteiger partial charge on any atom is -0.350 e. The molecule has 0 amide bonds. The van der Waals surface area contributed by atoms with E-state index in [0.717, 1.165) is 31.6 Å². The quantitative estimate of drug-likeness (QED) is 0.659. The third kappa shape index (κ3) is 3.38. The van der Waals surface area contributed by atoms with Crippen molar-refractivity contribution in [3.8, 4) is 0 Å². The van der Waals surface area contributed by atoms with Crippen molar-refractivity contribution < 1.29 is 4.39 Å². The number of hydrogen-bond donors (Lipinski definition) is 0. The number of benzene rings is 2. The van der Waals surface area contributed by atoms with E-state index < -0.39 is 0 Å². The highest BCUT2D eigenvalue weighted by Crippen LogP contribution is 2.33. The first-order valence-corrected chi connectivity index (χ1v) is 8.91. The van der Waals surface area contributed by atoms with Crippen molar-refractivity contribution in [3.63, 3.8) is 0 Å². The van der Waals surface area contributed by atoms with Gasteiger partial charge in [0, 0.05) is 31.5 Å². The van der Waals surface area contributed by atoms with Gasteiger partial charge in [0.15, 0.2) is 0 Å². The standard InChI is InChI=1S/C22H23FN2/c1-17-5-9-19(10-6-17)22-21-4-2-13-24(21)14-3-15-25(22)16-18-7-11-20(23)12-8-18/h2,4-13,22H,3,14-16H2,1H3. The molecule has 128 valence electrons. The molecule has 0 aliphatic carbocycles. The van der Waals surface area contributed by atoms with Crippen LogP contribution in [0.5, 0.6) is 0 Å². The van der Waals surface area contributed by atoms with Gasteiger partial charge in [0.25, 0.3) is 0 Å². The van der Waals surface area contributed by atoms with Gasteiger partial charge in [-0.15, -0.1) is 0 Å². The third-order valence-electron chi connectivity index (χ3n) is 5.05. The molecule has 0 radical (unpaired) electrons. The van der Waals surface area contributed by atoms with Crippen LogP contribution in [0.2, 0.25) is 0 Å². The molecule has 3 heteroatoms. The van der Waals surface area contributed by atoms with Gasteiger partial charge in [-0.05, 0) is 48.7 Å². The number of halogens is 1. The van der Waals surface area contributed by atoms with Crippen LogP contribution in [-0.2, 0) is 13.1 Å². The lowest BCUT2D eigenvalue weighted by Gasteiger charge is -2.30. The molecule has 0 bridgehead atoms. The molecular weight excluding hydrogens is 311 g/mol. The minimum absolute atomic E-state index is 0.177. The molecule has 1 unspecified atom stereocenters. The largest absolute Gasteiger partial charge is 0.350 e. The molecule has 1 aliphatic rings. The predicted molar refractivity (Wildman–Crippen MR) is 98.9 cm³/mol. The Morgan fingerprint density at radius 3 is 2.48 bits per heavy atom. The van der Waals surface area contributed by atoms with Crippen molar-refractivity contribution in [1.29, 1.82) is 0 Å². The Morgan fingerprint density at radius 2 is 1.72 bits per heavy atom. The number of nitrogens with zero attached hydrogens (tertiary/aromatic N) is 2. The zero-order valence-corrected chi connectivity index (χ0v) is 14.5. The molecule has 0 spiro atoms. The second kappa shape index (κ2) is 6.85. The molecular formula is C22H23FN2. The molecule has 4 rings (SSSR count). The third-order valence-corrected chi connectivity index (χ3v) is 5.05. The van der Waals surface area contributed by atoms with E-state index in [0.29, 0.717) is 0 Å². The molecule has 1 aromatic heterocycles. The minimum atomic E-state index is -0.177. The van der Waals surface area contributed by atoms with Crippen LogP contribution in [0.1, 0.15) is 34.8 Å². The van der Waals surface area contributed by atoms with Crippen molar-refractivity contribution in [3.05, 3.63) is 95.1 Å². The first-order chi connectivity index (χ1) is 12.2. The van der Waals surface area contributed by atoms with Gasteiger partial charge in [-0.2, -0.15) is 0 Å². The van der Waals surface area contributed by atoms with Gasteiger partial charge < -0.3 is 4.57 Å². The molecule has 2 heterocycles. The predicted octanol–water partition coefficient (Wildman–Crippen LogP) is 4.93. The summed E-state index contributed by atoms with van der Waals surface area (Å²) in [5.41, 5.74) is 5.08. The van der Waals surface area contributed by atoms with Crippen molar-refractivity contribution in [2.24, 2.45) is 0 Å². The smallest absolute Gasteiger partial charge is 0.123 e. The first kappa shape index (κ1) is 16.1. The zero-order valence-electron chi connectivity index (χ0n) is 14.5. The van der Waals surface area contributed by atoms with E-state index in [4.69, 9.17) is 0 Å². The van der Waals surface area contributed by atoms with Crippen LogP contribution >= 0.6 is 0 Å². The summed E-state index contributed by atoms with van der Waals surface area (Å²) >= 11 is 0. The molecule has 3 aromatic rings. The van der Waals surface area contributed by atoms with Crippen molar-refractivity contribution in [2.75, 3.05) is 6.54 Å². The van der Waals surface area contributed by atoms with Crippen molar-refractivity contribution >= 4 is 0 Å². The van der Waals surface area contributed by atoms with Crippen LogP contribution in [0.15, 0.2) is 66.9 Å². The Labute approximate surface area is 148 Å². The Bertz CT molecular complexity index is 833. The van der Waals surface area contributed by atoms with E-state index in [1.807, 2.05) is 12.1 Å². The molecule has 0 fully saturated rings. The summed E-state index contributed by atoms with van der Waals surface area (Å²) in [5, 5.41) is 0. The number of aryl methyl sites for hydroxylation is 2. The zero-order chi connectivity index (χ0) is 17.2. The summed E-state index contributed by atoms with van der Waals surface area (Å²) < 4.78 is 15.6. The number of fused-ring (bicyclic) bond motifs is 1. The van der Waals surface area contributed by atoms with E-state index in [1.165, 1.54) is 16.8 Å². The summed E-state index contributed by atoms with van der Waals surface area (Å²) in [6, 6.07) is 20.3. The number of rotatable bonds is 3. The van der Waals surface area contributed by atoms with Crippen LogP contribution in [0.4, 0.5) is 4.39 Å². The highest BCUT2D eigenvalue weighted by molar-refractivity contribution is 5.32. The fourth-order valence-corrected chi connectivity index (χ4v) is 3.76. The maximum atomic E-state index is 13.2. The molecule has 25 heavy (non-hydrogen) atoms. The van der Waals surface area contributed by atoms with Gasteiger partial charge in [0.2, 0.25) is 0 Å². The Balaban J connectivity index is 1.72. The van der Waals surface area contributed by atoms with Gasteiger partial charge >= 0.3 is 0 Å². The van der Waals surface area contributed by atoms with Gasteiger partial charge in [0.1, 0.15) is 5.82 Å². The van der Waals surface area contributed by atoms with Crippen LogP contribution in [0.25, 0.3) is 0 Å². The second-order valence-electron chi connectivity index (χ2n) is 6.89. The van der Waals surface area contributed by atoms with Gasteiger partial charge in [0.05, 0.1) is 6.04 Å². The highest BCUT2D eigenvalue weighted by atomic mass is 19.1. The molecule has 1 aliphatic heterocycles. The Kier molecular flexibility index (Phi) is 4.41. The average molecular weight is 334 g/mol. The Hall–Kier alpha value is -2.39. The maximum absolute atomic E-state index is 13.2. The van der Waals surface area contributed by atoms with Crippen molar-refractivity contribution in [1.82, 2.24) is 9.47 Å². The Morgan fingerprint density at radius 1 is 0.960 bits per heavy atom. The lowest BCUT2D eigenvalue weighted by atomic mass is 10.00. The summed E-state index contributed by atoms with van der Waals surface area (Å²) in [7, 11) is 0. The SMILES string of the molecule is Cc1ccc(C2c3cccn3CCCN2Cc2ccc(F)cc2)cc1. The van der Waals surface area contributed by atoms with E-state index in [1.54, 1.807) is 12.1 Å². The molecule has 0 saturated heterocycles. The molecule has 2 aromatic carbocycles. The highest BCUT2D eigenvalue weighted by Gasteiger charge is 2.27. The fourth-order valence-electron chi connectivity index (χ4n) is 3.76. The van der Waals surface area contributed by atoms with Gasteiger partial charge in [-0.1, -0.05) is 42.0 Å². The normalized spacial score (nSPS) is 17.9.